The monoisotopic (exact) mass is 316 g/mol. The van der Waals surface area contributed by atoms with Gasteiger partial charge < -0.3 is 11.1 Å². The molecule has 0 heterocycles. The predicted molar refractivity (Wildman–Crippen MR) is 76.2 cm³/mol. The van der Waals surface area contributed by atoms with Crippen LogP contribution < -0.4 is 15.8 Å². The van der Waals surface area contributed by atoms with Crippen molar-refractivity contribution < 1.29 is 18.1 Å². The number of primary amides is 1. The summed E-state index contributed by atoms with van der Waals surface area (Å²) in [6, 6.07) is 2.68. The van der Waals surface area contributed by atoms with Gasteiger partial charge in [0, 0.05) is 6.54 Å². The fraction of sp³-hybridized carbons (Fsp3) is 0.364. The molecule has 4 N–H and O–H groups in total. The number of rotatable bonds is 7. The van der Waals surface area contributed by atoms with Gasteiger partial charge in [-0.2, -0.15) is 4.72 Å². The van der Waals surface area contributed by atoms with Crippen LogP contribution in [-0.4, -0.2) is 31.8 Å². The molecule has 0 radical (unpaired) electrons. The Kier molecular flexibility index (Phi) is 5.22. The van der Waals surface area contributed by atoms with Crippen molar-refractivity contribution in [1.82, 2.24) is 4.72 Å². The van der Waals surface area contributed by atoms with Crippen molar-refractivity contribution >= 4 is 27.3 Å². The van der Waals surface area contributed by atoms with Gasteiger partial charge in [0.05, 0.1) is 11.0 Å². The molecule has 0 spiro atoms. The number of nitro groups is 1. The summed E-state index contributed by atoms with van der Waals surface area (Å²) in [7, 11) is -4.25. The lowest BCUT2D eigenvalue weighted by molar-refractivity contribution is -0.386. The molecule has 1 aromatic carbocycles. The first-order valence-electron chi connectivity index (χ1n) is 6.03. The smallest absolute Gasteiger partial charge is 0.312 e. The molecule has 116 valence electrons. The van der Waals surface area contributed by atoms with Crippen molar-refractivity contribution in [3.05, 3.63) is 28.3 Å². The Labute approximate surface area is 121 Å². The Bertz CT molecular complexity index is 659. The molecular formula is C11H16N4O5S. The zero-order valence-corrected chi connectivity index (χ0v) is 12.3. The fourth-order valence-corrected chi connectivity index (χ4v) is 3.02. The van der Waals surface area contributed by atoms with Crippen LogP contribution in [0, 0.1) is 10.1 Å². The van der Waals surface area contributed by atoms with Gasteiger partial charge in [-0.05, 0) is 26.0 Å². The third-order valence-corrected chi connectivity index (χ3v) is 4.17. The number of nitrogens with two attached hydrogens (primary N) is 1. The number of carbonyl (C=O) groups excluding carboxylic acids is 1. The summed E-state index contributed by atoms with van der Waals surface area (Å²) in [5.41, 5.74) is 4.49. The highest BCUT2D eigenvalue weighted by Gasteiger charge is 2.30. The number of nitrogens with one attached hydrogen (secondary N) is 2. The predicted octanol–water partition coefficient (Wildman–Crippen LogP) is 0.179. The molecule has 10 heteroatoms. The van der Waals surface area contributed by atoms with Gasteiger partial charge in [0.1, 0.15) is 5.69 Å². The van der Waals surface area contributed by atoms with E-state index < -0.39 is 37.5 Å². The first-order chi connectivity index (χ1) is 9.70. The molecule has 0 aromatic heterocycles. The minimum atomic E-state index is -4.25. The topological polar surface area (TPSA) is 144 Å². The standard InChI is InChI=1S/C11H16N4O5S/c1-3-13-8-5-4-6-9(10(8)15(17)18)21(19,20)14-7(2)11(12)16/h4-7,13-14H,3H2,1-2H3,(H2,12,16). The molecule has 0 aliphatic rings. The average molecular weight is 316 g/mol. The van der Waals surface area contributed by atoms with Gasteiger partial charge in [-0.15, -0.1) is 0 Å². The van der Waals surface area contributed by atoms with E-state index in [0.717, 1.165) is 6.07 Å². The number of nitrogens with zero attached hydrogens (tertiary/aromatic N) is 1. The molecule has 0 aliphatic heterocycles. The second-order valence-corrected chi connectivity index (χ2v) is 5.87. The van der Waals surface area contributed by atoms with Crippen LogP contribution in [0.2, 0.25) is 0 Å². The third-order valence-electron chi connectivity index (χ3n) is 2.60. The van der Waals surface area contributed by atoms with Crippen LogP contribution in [0.3, 0.4) is 0 Å². The molecule has 21 heavy (non-hydrogen) atoms. The second kappa shape index (κ2) is 6.50. The third kappa shape index (κ3) is 3.89. The molecule has 1 amide bonds. The molecule has 1 atom stereocenters. The first-order valence-corrected chi connectivity index (χ1v) is 7.52. The average Bonchev–Trinajstić information content (AvgIpc) is 2.37. The largest absolute Gasteiger partial charge is 0.380 e. The Hall–Kier alpha value is -2.20. The molecule has 0 saturated heterocycles. The normalized spacial score (nSPS) is 12.7. The number of nitro benzene ring substituents is 1. The summed E-state index contributed by atoms with van der Waals surface area (Å²) in [6.07, 6.45) is 0. The van der Waals surface area contributed by atoms with Crippen molar-refractivity contribution in [2.24, 2.45) is 5.73 Å². The first kappa shape index (κ1) is 16.9. The lowest BCUT2D eigenvalue weighted by atomic mass is 10.2. The molecule has 0 aliphatic carbocycles. The minimum Gasteiger partial charge on any atom is -0.380 e. The zero-order chi connectivity index (χ0) is 16.2. The lowest BCUT2D eigenvalue weighted by Gasteiger charge is -2.13. The summed E-state index contributed by atoms with van der Waals surface area (Å²) in [6.45, 7) is 3.35. The number of benzene rings is 1. The van der Waals surface area contributed by atoms with Gasteiger partial charge in [0.15, 0.2) is 4.90 Å². The number of amides is 1. The number of para-hydroxylation sites is 1. The van der Waals surface area contributed by atoms with E-state index in [9.17, 15) is 23.3 Å². The quantitative estimate of drug-likeness (QED) is 0.483. The van der Waals surface area contributed by atoms with Crippen molar-refractivity contribution in [1.29, 1.82) is 0 Å². The van der Waals surface area contributed by atoms with Crippen LogP contribution in [0.1, 0.15) is 13.8 Å². The van der Waals surface area contributed by atoms with Crippen LogP contribution >= 0.6 is 0 Å². The van der Waals surface area contributed by atoms with E-state index in [1.165, 1.54) is 19.1 Å². The molecule has 1 unspecified atom stereocenters. The van der Waals surface area contributed by atoms with Crippen LogP contribution in [-0.2, 0) is 14.8 Å². The van der Waals surface area contributed by atoms with Crippen molar-refractivity contribution in [2.75, 3.05) is 11.9 Å². The highest BCUT2D eigenvalue weighted by Crippen LogP contribution is 2.31. The molecule has 9 nitrogen and oxygen atoms in total. The van der Waals surface area contributed by atoms with Gasteiger partial charge >= 0.3 is 5.69 Å². The van der Waals surface area contributed by atoms with Gasteiger partial charge in [-0.3, -0.25) is 14.9 Å². The molecule has 0 saturated carbocycles. The summed E-state index contributed by atoms with van der Waals surface area (Å²) in [4.78, 5) is 20.8. The van der Waals surface area contributed by atoms with E-state index in [-0.39, 0.29) is 5.69 Å². The summed E-state index contributed by atoms with van der Waals surface area (Å²) < 4.78 is 26.4. The molecule has 1 aromatic rings. The SMILES string of the molecule is CCNc1cccc(S(=O)(=O)NC(C)C(N)=O)c1[N+](=O)[O-]. The number of hydrogen-bond donors (Lipinski definition) is 3. The number of hydrogen-bond acceptors (Lipinski definition) is 6. The lowest BCUT2D eigenvalue weighted by Crippen LogP contribution is -2.42. The van der Waals surface area contributed by atoms with Gasteiger partial charge in [0.25, 0.3) is 0 Å². The molecule has 1 rings (SSSR count). The van der Waals surface area contributed by atoms with Gasteiger partial charge in [0.2, 0.25) is 15.9 Å². The highest BCUT2D eigenvalue weighted by molar-refractivity contribution is 7.89. The molecule has 0 fully saturated rings. The minimum absolute atomic E-state index is 0.0807. The van der Waals surface area contributed by atoms with Gasteiger partial charge in [-0.25, -0.2) is 8.42 Å². The maximum Gasteiger partial charge on any atom is 0.312 e. The van der Waals surface area contributed by atoms with Crippen molar-refractivity contribution in [3.8, 4) is 0 Å². The zero-order valence-electron chi connectivity index (χ0n) is 11.5. The Morgan fingerprint density at radius 2 is 2.10 bits per heavy atom. The molecular weight excluding hydrogens is 300 g/mol. The second-order valence-electron chi connectivity index (χ2n) is 4.19. The Balaban J connectivity index is 3.38. The summed E-state index contributed by atoms with van der Waals surface area (Å²) in [5, 5.41) is 13.9. The Morgan fingerprint density at radius 1 is 1.48 bits per heavy atom. The van der Waals surface area contributed by atoms with Crippen molar-refractivity contribution in [3.63, 3.8) is 0 Å². The van der Waals surface area contributed by atoms with E-state index in [4.69, 9.17) is 5.73 Å². The van der Waals surface area contributed by atoms with Gasteiger partial charge in [-0.1, -0.05) is 6.07 Å². The molecule has 0 bridgehead atoms. The number of sulfonamides is 1. The number of anilines is 1. The van der Waals surface area contributed by atoms with Crippen LogP contribution in [0.15, 0.2) is 23.1 Å². The van der Waals surface area contributed by atoms with E-state index in [1.807, 2.05) is 4.72 Å². The maximum atomic E-state index is 12.2. The van der Waals surface area contributed by atoms with Crippen LogP contribution in [0.4, 0.5) is 11.4 Å². The van der Waals surface area contributed by atoms with Crippen molar-refractivity contribution in [2.45, 2.75) is 24.8 Å². The van der Waals surface area contributed by atoms with E-state index in [1.54, 1.807) is 6.92 Å². The fourth-order valence-electron chi connectivity index (χ4n) is 1.61. The number of carbonyl (C=O) groups is 1. The van der Waals surface area contributed by atoms with Crippen LogP contribution in [0.5, 0.6) is 0 Å². The van der Waals surface area contributed by atoms with E-state index in [2.05, 4.69) is 5.32 Å². The summed E-state index contributed by atoms with van der Waals surface area (Å²) >= 11 is 0. The van der Waals surface area contributed by atoms with Crippen LogP contribution in [0.25, 0.3) is 0 Å². The van der Waals surface area contributed by atoms with E-state index in [0.29, 0.717) is 6.54 Å². The Morgan fingerprint density at radius 3 is 2.57 bits per heavy atom. The maximum absolute atomic E-state index is 12.2. The highest BCUT2D eigenvalue weighted by atomic mass is 32.2. The summed E-state index contributed by atoms with van der Waals surface area (Å²) in [5.74, 6) is -0.885. The van der Waals surface area contributed by atoms with E-state index >= 15 is 0 Å².